The Morgan fingerprint density at radius 1 is 1.00 bits per heavy atom. The monoisotopic (exact) mass is 246 g/mol. The molecule has 0 radical (unpaired) electrons. The fourth-order valence-electron chi connectivity index (χ4n) is 1.85. The van der Waals surface area contributed by atoms with Crippen LogP contribution in [-0.2, 0) is 0 Å². The Bertz CT molecular complexity index is 530. The number of nitrogens with two attached hydrogens (primary N) is 1. The van der Waals surface area contributed by atoms with Crippen LogP contribution in [0.25, 0.3) is 0 Å². The third-order valence-corrected chi connectivity index (χ3v) is 2.75. The van der Waals surface area contributed by atoms with Gasteiger partial charge in [-0.2, -0.15) is 0 Å². The molecule has 2 nitrogen and oxygen atoms in total. The smallest absolute Gasteiger partial charge is 0.0618 e. The number of aryl methyl sites for hydroxylation is 2. The Hall–Kier alpha value is -1.67. The van der Waals surface area contributed by atoms with E-state index in [1.807, 2.05) is 12.1 Å². The van der Waals surface area contributed by atoms with Crippen molar-refractivity contribution in [2.24, 2.45) is 0 Å². The predicted octanol–water partition coefficient (Wildman–Crippen LogP) is 4.28. The minimum absolute atomic E-state index is 0.647. The lowest BCUT2D eigenvalue weighted by molar-refractivity contribution is 1.37. The Balaban J connectivity index is 2.31. The summed E-state index contributed by atoms with van der Waals surface area (Å²) in [7, 11) is 0. The number of nitrogens with one attached hydrogen (secondary N) is 1. The first-order valence-corrected chi connectivity index (χ1v) is 5.83. The summed E-state index contributed by atoms with van der Waals surface area (Å²) in [5.74, 6) is 0. The molecule has 2 aromatic rings. The van der Waals surface area contributed by atoms with Crippen LogP contribution in [0.5, 0.6) is 0 Å². The maximum Gasteiger partial charge on any atom is 0.0618 e. The topological polar surface area (TPSA) is 38.0 Å². The second-order valence-corrected chi connectivity index (χ2v) is 4.67. The largest absolute Gasteiger partial charge is 0.397 e. The van der Waals surface area contributed by atoms with Gasteiger partial charge < -0.3 is 11.1 Å². The van der Waals surface area contributed by atoms with Crippen molar-refractivity contribution in [3.63, 3.8) is 0 Å². The Kier molecular flexibility index (Phi) is 3.25. The molecule has 0 spiro atoms. The molecule has 0 heterocycles. The van der Waals surface area contributed by atoms with Gasteiger partial charge in [-0.1, -0.05) is 17.7 Å². The van der Waals surface area contributed by atoms with Crippen molar-refractivity contribution in [1.29, 1.82) is 0 Å². The number of anilines is 3. The van der Waals surface area contributed by atoms with Gasteiger partial charge in [0.15, 0.2) is 0 Å². The summed E-state index contributed by atoms with van der Waals surface area (Å²) < 4.78 is 0. The summed E-state index contributed by atoms with van der Waals surface area (Å²) in [5, 5.41) is 3.94. The highest BCUT2D eigenvalue weighted by molar-refractivity contribution is 6.31. The maximum absolute atomic E-state index is 5.90. The number of hydrogen-bond acceptors (Lipinski definition) is 2. The van der Waals surface area contributed by atoms with E-state index in [2.05, 4.69) is 37.4 Å². The number of benzene rings is 2. The first-order valence-electron chi connectivity index (χ1n) is 5.45. The quantitative estimate of drug-likeness (QED) is 0.776. The van der Waals surface area contributed by atoms with E-state index in [1.165, 1.54) is 11.1 Å². The van der Waals surface area contributed by atoms with Crippen LogP contribution in [-0.4, -0.2) is 0 Å². The van der Waals surface area contributed by atoms with Crippen LogP contribution in [0.4, 0.5) is 17.1 Å². The molecule has 0 saturated carbocycles. The Morgan fingerprint density at radius 2 is 1.65 bits per heavy atom. The van der Waals surface area contributed by atoms with Crippen LogP contribution >= 0.6 is 11.6 Å². The van der Waals surface area contributed by atoms with Gasteiger partial charge in [0.2, 0.25) is 0 Å². The summed E-state index contributed by atoms with van der Waals surface area (Å²) >= 11 is 5.86. The molecule has 0 aliphatic carbocycles. The zero-order chi connectivity index (χ0) is 12.4. The molecule has 0 unspecified atom stereocenters. The lowest BCUT2D eigenvalue weighted by Gasteiger charge is -2.11. The normalized spacial score (nSPS) is 10.3. The van der Waals surface area contributed by atoms with Gasteiger partial charge in [0.05, 0.1) is 11.4 Å². The van der Waals surface area contributed by atoms with Crippen LogP contribution in [0.15, 0.2) is 36.4 Å². The van der Waals surface area contributed by atoms with Crippen molar-refractivity contribution in [1.82, 2.24) is 0 Å². The van der Waals surface area contributed by atoms with E-state index in [0.717, 1.165) is 11.4 Å². The number of halogens is 1. The molecular formula is C14H15ClN2. The summed E-state index contributed by atoms with van der Waals surface area (Å²) in [4.78, 5) is 0. The van der Waals surface area contributed by atoms with Crippen molar-refractivity contribution in [2.75, 3.05) is 11.1 Å². The summed E-state index contributed by atoms with van der Waals surface area (Å²) in [6, 6.07) is 11.8. The first kappa shape index (κ1) is 11.8. The molecule has 2 rings (SSSR count). The second kappa shape index (κ2) is 4.68. The first-order chi connectivity index (χ1) is 8.04. The van der Waals surface area contributed by atoms with Gasteiger partial charge >= 0.3 is 0 Å². The van der Waals surface area contributed by atoms with Gasteiger partial charge in [-0.25, -0.2) is 0 Å². The zero-order valence-electron chi connectivity index (χ0n) is 9.92. The molecule has 0 aromatic heterocycles. The van der Waals surface area contributed by atoms with Crippen molar-refractivity contribution in [3.05, 3.63) is 52.5 Å². The average molecular weight is 247 g/mol. The standard InChI is InChI=1S/C14H15ClN2/c1-9-5-10(2)7-12(6-9)17-14-4-3-11(15)8-13(14)16/h3-8,17H,16H2,1-2H3. The molecule has 0 aliphatic heterocycles. The molecule has 3 heteroatoms. The van der Waals surface area contributed by atoms with Gasteiger partial charge in [-0.3, -0.25) is 0 Å². The molecule has 0 atom stereocenters. The van der Waals surface area contributed by atoms with Crippen molar-refractivity contribution >= 4 is 28.7 Å². The molecule has 88 valence electrons. The van der Waals surface area contributed by atoms with Crippen LogP contribution in [0.2, 0.25) is 5.02 Å². The third kappa shape index (κ3) is 2.92. The maximum atomic E-state index is 5.90. The van der Waals surface area contributed by atoms with Gasteiger partial charge in [-0.15, -0.1) is 0 Å². The molecule has 0 saturated heterocycles. The van der Waals surface area contributed by atoms with Gasteiger partial charge in [0.25, 0.3) is 0 Å². The van der Waals surface area contributed by atoms with Crippen LogP contribution in [0.3, 0.4) is 0 Å². The fourth-order valence-corrected chi connectivity index (χ4v) is 2.03. The molecule has 0 fully saturated rings. The molecule has 3 N–H and O–H groups in total. The molecule has 2 aromatic carbocycles. The van der Waals surface area contributed by atoms with Gasteiger partial charge in [0, 0.05) is 10.7 Å². The van der Waals surface area contributed by atoms with E-state index in [9.17, 15) is 0 Å². The fraction of sp³-hybridized carbons (Fsp3) is 0.143. The SMILES string of the molecule is Cc1cc(C)cc(Nc2ccc(Cl)cc2N)c1. The molecular weight excluding hydrogens is 232 g/mol. The summed E-state index contributed by atoms with van der Waals surface area (Å²) in [6.07, 6.45) is 0. The van der Waals surface area contributed by atoms with Crippen molar-refractivity contribution in [2.45, 2.75) is 13.8 Å². The number of nitrogen functional groups attached to an aromatic ring is 1. The van der Waals surface area contributed by atoms with E-state index >= 15 is 0 Å². The van der Waals surface area contributed by atoms with Gasteiger partial charge in [-0.05, 0) is 55.3 Å². The van der Waals surface area contributed by atoms with Crippen molar-refractivity contribution < 1.29 is 0 Å². The van der Waals surface area contributed by atoms with Crippen LogP contribution < -0.4 is 11.1 Å². The van der Waals surface area contributed by atoms with E-state index in [1.54, 1.807) is 6.07 Å². The van der Waals surface area contributed by atoms with Crippen LogP contribution in [0.1, 0.15) is 11.1 Å². The lowest BCUT2D eigenvalue weighted by Crippen LogP contribution is -1.96. The van der Waals surface area contributed by atoms with E-state index in [4.69, 9.17) is 17.3 Å². The van der Waals surface area contributed by atoms with Crippen LogP contribution in [0, 0.1) is 13.8 Å². The lowest BCUT2D eigenvalue weighted by atomic mass is 10.1. The highest BCUT2D eigenvalue weighted by Crippen LogP contribution is 2.26. The minimum atomic E-state index is 0.647. The minimum Gasteiger partial charge on any atom is -0.397 e. The predicted molar refractivity (Wildman–Crippen MR) is 75.1 cm³/mol. The second-order valence-electron chi connectivity index (χ2n) is 4.23. The highest BCUT2D eigenvalue weighted by Gasteiger charge is 2.01. The molecule has 0 amide bonds. The van der Waals surface area contributed by atoms with E-state index in [0.29, 0.717) is 10.7 Å². The number of hydrogen-bond donors (Lipinski definition) is 2. The van der Waals surface area contributed by atoms with E-state index < -0.39 is 0 Å². The number of rotatable bonds is 2. The molecule has 0 aliphatic rings. The highest BCUT2D eigenvalue weighted by atomic mass is 35.5. The summed E-state index contributed by atoms with van der Waals surface area (Å²) in [5.41, 5.74) is 10.9. The average Bonchev–Trinajstić information content (AvgIpc) is 2.21. The Morgan fingerprint density at radius 3 is 2.24 bits per heavy atom. The Labute approximate surface area is 106 Å². The molecule has 17 heavy (non-hydrogen) atoms. The molecule has 0 bridgehead atoms. The third-order valence-electron chi connectivity index (χ3n) is 2.51. The summed E-state index contributed by atoms with van der Waals surface area (Å²) in [6.45, 7) is 4.15. The van der Waals surface area contributed by atoms with E-state index in [-0.39, 0.29) is 0 Å². The van der Waals surface area contributed by atoms with Crippen molar-refractivity contribution in [3.8, 4) is 0 Å². The zero-order valence-corrected chi connectivity index (χ0v) is 10.7. The van der Waals surface area contributed by atoms with Gasteiger partial charge in [0.1, 0.15) is 0 Å².